The van der Waals surface area contributed by atoms with Crippen molar-refractivity contribution < 1.29 is 44.3 Å². The first kappa shape index (κ1) is 18.5. The molecule has 0 saturated carbocycles. The SMILES string of the molecule is CC(=O)N[C@@H]1[C@@H](O)C[C@H](P(=O)(O)O)O[C@H]1C(O)C(O)CO. The normalized spacial score (nSPS) is 33.3. The summed E-state index contributed by atoms with van der Waals surface area (Å²) in [4.78, 5) is 29.4. The van der Waals surface area contributed by atoms with Crippen LogP contribution in [-0.2, 0) is 14.1 Å². The molecule has 1 rings (SSSR count). The van der Waals surface area contributed by atoms with E-state index in [9.17, 15) is 24.7 Å². The van der Waals surface area contributed by atoms with Gasteiger partial charge in [-0.1, -0.05) is 0 Å². The Morgan fingerprint density at radius 1 is 1.43 bits per heavy atom. The van der Waals surface area contributed by atoms with Crippen molar-refractivity contribution in [2.75, 3.05) is 6.61 Å². The fourth-order valence-corrected chi connectivity index (χ4v) is 2.93. The number of nitrogens with one attached hydrogen (secondary N) is 1. The van der Waals surface area contributed by atoms with Crippen LogP contribution in [0.15, 0.2) is 0 Å². The Bertz CT molecular complexity index is 413. The second-order valence-electron chi connectivity index (χ2n) is 4.91. The summed E-state index contributed by atoms with van der Waals surface area (Å²) in [5.41, 5.74) is 0. The summed E-state index contributed by atoms with van der Waals surface area (Å²) in [6, 6.07) is -1.18. The number of rotatable bonds is 5. The quantitative estimate of drug-likeness (QED) is 0.257. The van der Waals surface area contributed by atoms with Crippen LogP contribution in [0.5, 0.6) is 0 Å². The zero-order valence-electron chi connectivity index (χ0n) is 11.2. The van der Waals surface area contributed by atoms with Crippen molar-refractivity contribution in [3.8, 4) is 0 Å². The molecule has 0 aromatic carbocycles. The van der Waals surface area contributed by atoms with E-state index in [1.165, 1.54) is 0 Å². The van der Waals surface area contributed by atoms with Crippen molar-refractivity contribution in [2.45, 2.75) is 49.6 Å². The Hall–Kier alpha value is -0.580. The number of aliphatic hydroxyl groups is 4. The predicted octanol–water partition coefficient (Wildman–Crippen LogP) is -3.14. The Kier molecular flexibility index (Phi) is 6.26. The lowest BCUT2D eigenvalue weighted by molar-refractivity contribution is -0.168. The van der Waals surface area contributed by atoms with E-state index >= 15 is 0 Å². The van der Waals surface area contributed by atoms with E-state index in [0.29, 0.717) is 0 Å². The molecule has 10 nitrogen and oxygen atoms in total. The third-order valence-electron chi connectivity index (χ3n) is 3.19. The van der Waals surface area contributed by atoms with E-state index in [-0.39, 0.29) is 0 Å². The first-order chi connectivity index (χ1) is 9.57. The molecule has 1 saturated heterocycles. The second kappa shape index (κ2) is 7.12. The molecule has 0 spiro atoms. The first-order valence-electron chi connectivity index (χ1n) is 6.20. The van der Waals surface area contributed by atoms with Gasteiger partial charge in [0.05, 0.1) is 18.8 Å². The maximum atomic E-state index is 11.2. The molecule has 11 heteroatoms. The molecule has 0 aromatic rings. The lowest BCUT2D eigenvalue weighted by Crippen LogP contribution is -2.62. The third-order valence-corrected chi connectivity index (χ3v) is 4.27. The molecule has 1 fully saturated rings. The van der Waals surface area contributed by atoms with Gasteiger partial charge in [0, 0.05) is 13.3 Å². The molecule has 0 aromatic heterocycles. The molecule has 2 unspecified atom stereocenters. The fourth-order valence-electron chi connectivity index (χ4n) is 2.14. The minimum absolute atomic E-state index is 0.451. The summed E-state index contributed by atoms with van der Waals surface area (Å²) in [6.07, 6.45) is -6.75. The first-order valence-corrected chi connectivity index (χ1v) is 7.89. The Morgan fingerprint density at radius 2 is 2.00 bits per heavy atom. The number of aliphatic hydroxyl groups excluding tert-OH is 4. The standard InChI is InChI=1S/C10H20NO9P/c1-4(13)11-8-5(14)2-7(21(17,18)19)20-10(8)9(16)6(15)3-12/h5-10,12,14-16H,2-3H2,1H3,(H,11,13)(H2,17,18,19)/t5-,6?,7-,8+,9?,10+/m0/s1. The summed E-state index contributed by atoms with van der Waals surface area (Å²) in [5, 5.41) is 40.4. The monoisotopic (exact) mass is 329 g/mol. The molecule has 0 bridgehead atoms. The average Bonchev–Trinajstić information content (AvgIpc) is 2.37. The van der Waals surface area contributed by atoms with Gasteiger partial charge in [0.25, 0.3) is 0 Å². The van der Waals surface area contributed by atoms with Gasteiger partial charge in [-0.15, -0.1) is 0 Å². The fraction of sp³-hybridized carbons (Fsp3) is 0.900. The molecule has 6 atom stereocenters. The minimum atomic E-state index is -4.71. The zero-order chi connectivity index (χ0) is 16.4. The molecule has 1 amide bonds. The highest BCUT2D eigenvalue weighted by molar-refractivity contribution is 7.52. The van der Waals surface area contributed by atoms with E-state index in [0.717, 1.165) is 6.92 Å². The second-order valence-corrected chi connectivity index (χ2v) is 6.67. The predicted molar refractivity (Wildman–Crippen MR) is 68.0 cm³/mol. The van der Waals surface area contributed by atoms with Crippen molar-refractivity contribution in [1.82, 2.24) is 5.32 Å². The Labute approximate surface area is 120 Å². The number of hydrogen-bond donors (Lipinski definition) is 7. The summed E-state index contributed by atoms with van der Waals surface area (Å²) >= 11 is 0. The summed E-state index contributed by atoms with van der Waals surface area (Å²) in [6.45, 7) is 0.318. The van der Waals surface area contributed by atoms with Gasteiger partial charge in [-0.25, -0.2) is 0 Å². The maximum Gasteiger partial charge on any atom is 0.354 e. The van der Waals surface area contributed by atoms with Crippen molar-refractivity contribution in [1.29, 1.82) is 0 Å². The van der Waals surface area contributed by atoms with Crippen LogP contribution in [0.3, 0.4) is 0 Å². The van der Waals surface area contributed by atoms with Gasteiger partial charge in [-0.3, -0.25) is 9.36 Å². The highest BCUT2D eigenvalue weighted by atomic mass is 31.2. The van der Waals surface area contributed by atoms with Gasteiger partial charge in [0.15, 0.2) is 5.85 Å². The average molecular weight is 329 g/mol. The van der Waals surface area contributed by atoms with Crippen LogP contribution in [0.4, 0.5) is 0 Å². The number of ether oxygens (including phenoxy) is 1. The van der Waals surface area contributed by atoms with Gasteiger partial charge in [-0.05, 0) is 0 Å². The Balaban J connectivity index is 3.02. The number of hydrogen-bond acceptors (Lipinski definition) is 7. The molecule has 124 valence electrons. The van der Waals surface area contributed by atoms with Crippen LogP contribution in [0.1, 0.15) is 13.3 Å². The van der Waals surface area contributed by atoms with Gasteiger partial charge < -0.3 is 40.3 Å². The van der Waals surface area contributed by atoms with Gasteiger partial charge in [0.2, 0.25) is 5.91 Å². The van der Waals surface area contributed by atoms with E-state index in [4.69, 9.17) is 19.6 Å². The molecule has 1 heterocycles. The highest BCUT2D eigenvalue weighted by Gasteiger charge is 2.48. The number of carbonyl (C=O) groups excluding carboxylic acids is 1. The van der Waals surface area contributed by atoms with Gasteiger partial charge in [-0.2, -0.15) is 0 Å². The van der Waals surface area contributed by atoms with Crippen molar-refractivity contribution >= 4 is 13.5 Å². The van der Waals surface area contributed by atoms with Crippen molar-refractivity contribution in [3.05, 3.63) is 0 Å². The van der Waals surface area contributed by atoms with Gasteiger partial charge >= 0.3 is 7.60 Å². The van der Waals surface area contributed by atoms with E-state index in [1.54, 1.807) is 0 Å². The van der Waals surface area contributed by atoms with Crippen molar-refractivity contribution in [3.63, 3.8) is 0 Å². The highest BCUT2D eigenvalue weighted by Crippen LogP contribution is 2.47. The van der Waals surface area contributed by atoms with E-state index < -0.39 is 62.8 Å². The maximum absolute atomic E-state index is 11.2. The molecule has 0 radical (unpaired) electrons. The van der Waals surface area contributed by atoms with Crippen LogP contribution in [0.25, 0.3) is 0 Å². The molecule has 1 aliphatic rings. The zero-order valence-corrected chi connectivity index (χ0v) is 12.1. The van der Waals surface area contributed by atoms with Crippen LogP contribution >= 0.6 is 7.60 Å². The van der Waals surface area contributed by atoms with E-state index in [1.807, 2.05) is 0 Å². The number of carbonyl (C=O) groups is 1. The van der Waals surface area contributed by atoms with Crippen LogP contribution in [0, 0.1) is 0 Å². The summed E-state index contributed by atoms with van der Waals surface area (Å²) < 4.78 is 16.3. The molecule has 0 aliphatic carbocycles. The molecule has 7 N–H and O–H groups in total. The number of amides is 1. The third kappa shape index (κ3) is 4.70. The smallest absolute Gasteiger partial charge is 0.354 e. The lowest BCUT2D eigenvalue weighted by atomic mass is 9.92. The topological polar surface area (TPSA) is 177 Å². The summed E-state index contributed by atoms with van der Waals surface area (Å²) in [5.74, 6) is -2.24. The van der Waals surface area contributed by atoms with E-state index in [2.05, 4.69) is 5.32 Å². The molecule has 1 aliphatic heterocycles. The van der Waals surface area contributed by atoms with Crippen LogP contribution in [-0.4, -0.2) is 79.0 Å². The molecular weight excluding hydrogens is 309 g/mol. The largest absolute Gasteiger partial charge is 0.394 e. The molecular formula is C10H20NO9P. The minimum Gasteiger partial charge on any atom is -0.394 e. The Morgan fingerprint density at radius 3 is 2.43 bits per heavy atom. The molecule has 21 heavy (non-hydrogen) atoms. The van der Waals surface area contributed by atoms with Crippen LogP contribution in [0.2, 0.25) is 0 Å². The van der Waals surface area contributed by atoms with Crippen LogP contribution < -0.4 is 5.32 Å². The lowest BCUT2D eigenvalue weighted by Gasteiger charge is -2.42. The summed E-state index contributed by atoms with van der Waals surface area (Å²) in [7, 11) is -4.71. The van der Waals surface area contributed by atoms with Crippen molar-refractivity contribution in [2.24, 2.45) is 0 Å². The van der Waals surface area contributed by atoms with Gasteiger partial charge in [0.1, 0.15) is 18.3 Å².